The summed E-state index contributed by atoms with van der Waals surface area (Å²) in [5, 5.41) is 9.33. The van der Waals surface area contributed by atoms with E-state index in [2.05, 4.69) is 29.2 Å². The Labute approximate surface area is 85.2 Å². The van der Waals surface area contributed by atoms with Crippen molar-refractivity contribution in [3.63, 3.8) is 0 Å². The number of hydrogen-bond donors (Lipinski definition) is 1. The molecule has 1 aliphatic carbocycles. The third kappa shape index (κ3) is 1.50. The summed E-state index contributed by atoms with van der Waals surface area (Å²) in [4.78, 5) is 2.09. The SMILES string of the molecule is CN(C)c1cccc(C2(CO)CC2)c1. The summed E-state index contributed by atoms with van der Waals surface area (Å²) in [7, 11) is 4.08. The van der Waals surface area contributed by atoms with Gasteiger partial charge in [-0.15, -0.1) is 0 Å². The number of aliphatic hydroxyl groups is 1. The zero-order chi connectivity index (χ0) is 10.2. The fraction of sp³-hybridized carbons (Fsp3) is 0.500. The predicted octanol–water partition coefficient (Wildman–Crippen LogP) is 1.78. The van der Waals surface area contributed by atoms with E-state index < -0.39 is 0 Å². The summed E-state index contributed by atoms with van der Waals surface area (Å²) < 4.78 is 0. The third-order valence-corrected chi connectivity index (χ3v) is 3.13. The highest BCUT2D eigenvalue weighted by Crippen LogP contribution is 2.48. The van der Waals surface area contributed by atoms with Gasteiger partial charge >= 0.3 is 0 Å². The lowest BCUT2D eigenvalue weighted by Crippen LogP contribution is -2.14. The maximum absolute atomic E-state index is 9.33. The average molecular weight is 191 g/mol. The van der Waals surface area contributed by atoms with Gasteiger partial charge in [-0.05, 0) is 30.5 Å². The molecule has 2 heteroatoms. The summed E-state index contributed by atoms with van der Waals surface area (Å²) in [5.41, 5.74) is 2.58. The zero-order valence-corrected chi connectivity index (χ0v) is 8.83. The summed E-state index contributed by atoms with van der Waals surface area (Å²) in [6.07, 6.45) is 2.25. The lowest BCUT2D eigenvalue weighted by molar-refractivity contribution is 0.255. The molecule has 1 aliphatic rings. The van der Waals surface area contributed by atoms with Gasteiger partial charge in [-0.1, -0.05) is 12.1 Å². The first kappa shape index (κ1) is 9.53. The first-order valence-electron chi connectivity index (χ1n) is 5.07. The first-order chi connectivity index (χ1) is 6.68. The van der Waals surface area contributed by atoms with Gasteiger partial charge in [0.2, 0.25) is 0 Å². The molecule has 2 nitrogen and oxygen atoms in total. The highest BCUT2D eigenvalue weighted by molar-refractivity contribution is 5.50. The van der Waals surface area contributed by atoms with E-state index in [-0.39, 0.29) is 12.0 Å². The zero-order valence-electron chi connectivity index (χ0n) is 8.83. The van der Waals surface area contributed by atoms with Gasteiger partial charge in [0, 0.05) is 25.2 Å². The molecule has 0 aromatic heterocycles. The Bertz CT molecular complexity index is 329. The molecule has 0 spiro atoms. The molecule has 1 aromatic rings. The van der Waals surface area contributed by atoms with Crippen LogP contribution in [-0.2, 0) is 5.41 Å². The first-order valence-corrected chi connectivity index (χ1v) is 5.07. The van der Waals surface area contributed by atoms with E-state index in [1.54, 1.807) is 0 Å². The Hall–Kier alpha value is -1.02. The van der Waals surface area contributed by atoms with E-state index in [1.165, 1.54) is 11.3 Å². The molecule has 0 atom stereocenters. The van der Waals surface area contributed by atoms with Gasteiger partial charge in [0.25, 0.3) is 0 Å². The number of hydrogen-bond acceptors (Lipinski definition) is 2. The monoisotopic (exact) mass is 191 g/mol. The highest BCUT2D eigenvalue weighted by Gasteiger charge is 2.43. The standard InChI is InChI=1S/C12H17NO/c1-13(2)11-5-3-4-10(8-11)12(9-14)6-7-12/h3-5,8,14H,6-7,9H2,1-2H3. The van der Waals surface area contributed by atoms with Crippen molar-refractivity contribution < 1.29 is 5.11 Å². The van der Waals surface area contributed by atoms with Crippen molar-refractivity contribution in [2.75, 3.05) is 25.6 Å². The Balaban J connectivity index is 2.31. The molecule has 1 fully saturated rings. The van der Waals surface area contributed by atoms with Crippen molar-refractivity contribution in [1.29, 1.82) is 0 Å². The summed E-state index contributed by atoms with van der Waals surface area (Å²) in [6.45, 7) is 0.282. The molecular formula is C12H17NO. The van der Waals surface area contributed by atoms with Gasteiger partial charge in [-0.3, -0.25) is 0 Å². The normalized spacial score (nSPS) is 17.9. The molecule has 1 aromatic carbocycles. The summed E-state index contributed by atoms with van der Waals surface area (Å²) in [5.74, 6) is 0. The van der Waals surface area contributed by atoms with Gasteiger partial charge in [0.05, 0.1) is 6.61 Å². The Kier molecular flexibility index (Phi) is 2.23. The molecule has 0 aliphatic heterocycles. The molecule has 0 amide bonds. The van der Waals surface area contributed by atoms with Crippen LogP contribution in [0, 0.1) is 0 Å². The van der Waals surface area contributed by atoms with Gasteiger partial charge in [-0.25, -0.2) is 0 Å². The van der Waals surface area contributed by atoms with Crippen LogP contribution in [0.3, 0.4) is 0 Å². The van der Waals surface area contributed by atoms with Crippen LogP contribution in [0.2, 0.25) is 0 Å². The van der Waals surface area contributed by atoms with Crippen LogP contribution in [0.1, 0.15) is 18.4 Å². The fourth-order valence-electron chi connectivity index (χ4n) is 1.80. The van der Waals surface area contributed by atoms with E-state index in [4.69, 9.17) is 0 Å². The van der Waals surface area contributed by atoms with Crippen molar-refractivity contribution in [3.8, 4) is 0 Å². The molecular weight excluding hydrogens is 174 g/mol. The van der Waals surface area contributed by atoms with Crippen LogP contribution in [0.5, 0.6) is 0 Å². The molecule has 0 heterocycles. The number of nitrogens with zero attached hydrogens (tertiary/aromatic N) is 1. The van der Waals surface area contributed by atoms with Gasteiger partial charge in [-0.2, -0.15) is 0 Å². The summed E-state index contributed by atoms with van der Waals surface area (Å²) in [6, 6.07) is 8.47. The quantitative estimate of drug-likeness (QED) is 0.787. The second-order valence-corrected chi connectivity index (χ2v) is 4.38. The maximum Gasteiger partial charge on any atom is 0.0527 e. The Morgan fingerprint density at radius 3 is 2.57 bits per heavy atom. The molecule has 14 heavy (non-hydrogen) atoms. The Morgan fingerprint density at radius 2 is 2.07 bits per heavy atom. The highest BCUT2D eigenvalue weighted by atomic mass is 16.3. The molecule has 1 saturated carbocycles. The minimum Gasteiger partial charge on any atom is -0.395 e. The van der Waals surface area contributed by atoms with Crippen LogP contribution < -0.4 is 4.90 Å². The van der Waals surface area contributed by atoms with E-state index in [9.17, 15) is 5.11 Å². The van der Waals surface area contributed by atoms with Crippen molar-refractivity contribution >= 4 is 5.69 Å². The summed E-state index contributed by atoms with van der Waals surface area (Å²) >= 11 is 0. The van der Waals surface area contributed by atoms with Gasteiger partial charge in [0.15, 0.2) is 0 Å². The minimum atomic E-state index is 0.0893. The van der Waals surface area contributed by atoms with Crippen LogP contribution in [-0.4, -0.2) is 25.8 Å². The predicted molar refractivity (Wildman–Crippen MR) is 58.8 cm³/mol. The number of aliphatic hydroxyl groups excluding tert-OH is 1. The van der Waals surface area contributed by atoms with Crippen LogP contribution >= 0.6 is 0 Å². The number of anilines is 1. The fourth-order valence-corrected chi connectivity index (χ4v) is 1.80. The molecule has 76 valence electrons. The van der Waals surface area contributed by atoms with E-state index in [1.807, 2.05) is 14.1 Å². The number of rotatable bonds is 3. The largest absolute Gasteiger partial charge is 0.395 e. The van der Waals surface area contributed by atoms with E-state index in [0.29, 0.717) is 0 Å². The molecule has 0 bridgehead atoms. The van der Waals surface area contributed by atoms with Crippen LogP contribution in [0.25, 0.3) is 0 Å². The maximum atomic E-state index is 9.33. The number of benzene rings is 1. The van der Waals surface area contributed by atoms with E-state index >= 15 is 0 Å². The van der Waals surface area contributed by atoms with Gasteiger partial charge < -0.3 is 10.0 Å². The van der Waals surface area contributed by atoms with Crippen LogP contribution in [0.15, 0.2) is 24.3 Å². The molecule has 0 saturated heterocycles. The second kappa shape index (κ2) is 3.28. The van der Waals surface area contributed by atoms with E-state index in [0.717, 1.165) is 12.8 Å². The third-order valence-electron chi connectivity index (χ3n) is 3.13. The Morgan fingerprint density at radius 1 is 1.36 bits per heavy atom. The average Bonchev–Trinajstić information content (AvgIpc) is 2.98. The molecule has 0 unspecified atom stereocenters. The van der Waals surface area contributed by atoms with Crippen LogP contribution in [0.4, 0.5) is 5.69 Å². The van der Waals surface area contributed by atoms with Crippen molar-refractivity contribution in [2.24, 2.45) is 0 Å². The molecule has 2 rings (SSSR count). The second-order valence-electron chi connectivity index (χ2n) is 4.38. The molecule has 1 N–H and O–H groups in total. The smallest absolute Gasteiger partial charge is 0.0527 e. The van der Waals surface area contributed by atoms with Crippen molar-refractivity contribution in [1.82, 2.24) is 0 Å². The van der Waals surface area contributed by atoms with Crippen molar-refractivity contribution in [3.05, 3.63) is 29.8 Å². The van der Waals surface area contributed by atoms with Gasteiger partial charge in [0.1, 0.15) is 0 Å². The molecule has 0 radical (unpaired) electrons. The minimum absolute atomic E-state index is 0.0893. The lowest BCUT2D eigenvalue weighted by Gasteiger charge is -2.17. The lowest BCUT2D eigenvalue weighted by atomic mass is 9.96. The van der Waals surface area contributed by atoms with Crippen molar-refractivity contribution in [2.45, 2.75) is 18.3 Å². The topological polar surface area (TPSA) is 23.5 Å².